The molecule has 4 heteroatoms. The van der Waals surface area contributed by atoms with Gasteiger partial charge >= 0.3 is 0 Å². The van der Waals surface area contributed by atoms with E-state index in [4.69, 9.17) is 4.74 Å². The minimum absolute atomic E-state index is 0.109. The van der Waals surface area contributed by atoms with Crippen LogP contribution in [0, 0.1) is 5.92 Å². The predicted octanol–water partition coefficient (Wildman–Crippen LogP) is 2.09. The molecule has 0 bridgehead atoms. The molecule has 1 rings (SSSR count). The van der Waals surface area contributed by atoms with Crippen molar-refractivity contribution in [1.82, 2.24) is 4.90 Å². The van der Waals surface area contributed by atoms with E-state index in [1.165, 1.54) is 11.8 Å². The minimum Gasteiger partial charge on any atom is -0.497 e. The van der Waals surface area contributed by atoms with Gasteiger partial charge in [-0.3, -0.25) is 9.59 Å². The summed E-state index contributed by atoms with van der Waals surface area (Å²) < 4.78 is 5.10. The normalized spacial score (nSPS) is 13.5. The van der Waals surface area contributed by atoms with Crippen LogP contribution in [0.15, 0.2) is 24.3 Å². The first-order valence-corrected chi connectivity index (χ1v) is 6.24. The van der Waals surface area contributed by atoms with Gasteiger partial charge in [0.15, 0.2) is 0 Å². The van der Waals surface area contributed by atoms with Crippen LogP contribution in [0.25, 0.3) is 0 Å². The Morgan fingerprint density at radius 3 is 2.05 bits per heavy atom. The lowest BCUT2D eigenvalue weighted by molar-refractivity contribution is -0.139. The fourth-order valence-corrected chi connectivity index (χ4v) is 2.12. The summed E-state index contributed by atoms with van der Waals surface area (Å²) in [4.78, 5) is 25.3. The third kappa shape index (κ3) is 3.56. The molecule has 1 aromatic carbocycles. The second kappa shape index (κ2) is 6.36. The summed E-state index contributed by atoms with van der Waals surface area (Å²) in [6.07, 6.45) is 0. The molecule has 0 aliphatic rings. The first-order chi connectivity index (χ1) is 8.88. The zero-order chi connectivity index (χ0) is 14.6. The highest BCUT2D eigenvalue weighted by Gasteiger charge is 2.31. The molecule has 0 spiro atoms. The van der Waals surface area contributed by atoms with Crippen LogP contribution in [0.4, 0.5) is 0 Å². The number of benzene rings is 1. The van der Waals surface area contributed by atoms with Gasteiger partial charge in [0, 0.05) is 14.1 Å². The Hall–Kier alpha value is -1.84. The smallest absolute Gasteiger partial charge is 0.233 e. The summed E-state index contributed by atoms with van der Waals surface area (Å²) in [5.41, 5.74) is 0.955. The Morgan fingerprint density at radius 1 is 1.16 bits per heavy atom. The fourth-order valence-electron chi connectivity index (χ4n) is 2.12. The average molecular weight is 263 g/mol. The maximum absolute atomic E-state index is 12.1. The molecular weight excluding hydrogens is 242 g/mol. The van der Waals surface area contributed by atoms with Crippen molar-refractivity contribution < 1.29 is 14.3 Å². The number of ketones is 1. The number of carbonyl (C=O) groups is 2. The van der Waals surface area contributed by atoms with Crippen molar-refractivity contribution in [3.8, 4) is 5.75 Å². The van der Waals surface area contributed by atoms with Gasteiger partial charge in [-0.2, -0.15) is 0 Å². The highest BCUT2D eigenvalue weighted by Crippen LogP contribution is 2.27. The standard InChI is InChI=1S/C15H21NO3/c1-10(12-6-8-13(19-5)9-7-12)14(11(2)17)15(18)16(3)4/h6-10,14H,1-5H3. The maximum Gasteiger partial charge on any atom is 0.233 e. The van der Waals surface area contributed by atoms with Gasteiger partial charge in [0.1, 0.15) is 17.5 Å². The van der Waals surface area contributed by atoms with Crippen LogP contribution < -0.4 is 4.74 Å². The van der Waals surface area contributed by atoms with Crippen LogP contribution in [-0.2, 0) is 9.59 Å². The number of hydrogen-bond donors (Lipinski definition) is 0. The van der Waals surface area contributed by atoms with Gasteiger partial charge in [0.25, 0.3) is 0 Å². The molecule has 0 fully saturated rings. The maximum atomic E-state index is 12.1. The van der Waals surface area contributed by atoms with Crippen molar-refractivity contribution in [2.45, 2.75) is 19.8 Å². The summed E-state index contributed by atoms with van der Waals surface area (Å²) in [6.45, 7) is 3.36. The van der Waals surface area contributed by atoms with E-state index in [0.29, 0.717) is 0 Å². The van der Waals surface area contributed by atoms with Gasteiger partial charge in [0.05, 0.1) is 7.11 Å². The van der Waals surface area contributed by atoms with Crippen LogP contribution in [0.1, 0.15) is 25.3 Å². The van der Waals surface area contributed by atoms with E-state index in [-0.39, 0.29) is 17.6 Å². The van der Waals surface area contributed by atoms with Gasteiger partial charge < -0.3 is 9.64 Å². The highest BCUT2D eigenvalue weighted by atomic mass is 16.5. The van der Waals surface area contributed by atoms with Crippen molar-refractivity contribution in [3.63, 3.8) is 0 Å². The lowest BCUT2D eigenvalue weighted by atomic mass is 9.84. The van der Waals surface area contributed by atoms with Gasteiger partial charge in [-0.05, 0) is 30.5 Å². The van der Waals surface area contributed by atoms with Gasteiger partial charge in [-0.15, -0.1) is 0 Å². The van der Waals surface area contributed by atoms with Crippen molar-refractivity contribution in [3.05, 3.63) is 29.8 Å². The zero-order valence-electron chi connectivity index (χ0n) is 12.1. The minimum atomic E-state index is -0.636. The van der Waals surface area contributed by atoms with E-state index in [9.17, 15) is 9.59 Å². The molecule has 0 aromatic heterocycles. The highest BCUT2D eigenvalue weighted by molar-refractivity contribution is 6.01. The van der Waals surface area contributed by atoms with Crippen LogP contribution in [0.3, 0.4) is 0 Å². The molecule has 0 aliphatic carbocycles. The lowest BCUT2D eigenvalue weighted by Gasteiger charge is -2.24. The number of hydrogen-bond acceptors (Lipinski definition) is 3. The Kier molecular flexibility index (Phi) is 5.10. The third-order valence-corrected chi connectivity index (χ3v) is 3.29. The molecule has 19 heavy (non-hydrogen) atoms. The predicted molar refractivity (Wildman–Crippen MR) is 74.3 cm³/mol. The van der Waals surface area contributed by atoms with Crippen molar-refractivity contribution >= 4 is 11.7 Å². The van der Waals surface area contributed by atoms with Gasteiger partial charge in [0.2, 0.25) is 5.91 Å². The van der Waals surface area contributed by atoms with E-state index >= 15 is 0 Å². The van der Waals surface area contributed by atoms with E-state index in [2.05, 4.69) is 0 Å². The topological polar surface area (TPSA) is 46.6 Å². The largest absolute Gasteiger partial charge is 0.497 e. The molecule has 0 saturated heterocycles. The summed E-state index contributed by atoms with van der Waals surface area (Å²) in [5.74, 6) is -0.297. The van der Waals surface area contributed by atoms with E-state index in [1.54, 1.807) is 21.2 Å². The number of rotatable bonds is 5. The molecule has 0 aliphatic heterocycles. The number of ether oxygens (including phenoxy) is 1. The first kappa shape index (κ1) is 15.2. The van der Waals surface area contributed by atoms with Crippen LogP contribution >= 0.6 is 0 Å². The number of methoxy groups -OCH3 is 1. The number of Topliss-reactive ketones (excluding diaryl/α,β-unsaturated/α-hetero) is 1. The Morgan fingerprint density at radius 2 is 1.68 bits per heavy atom. The van der Waals surface area contributed by atoms with E-state index in [1.807, 2.05) is 31.2 Å². The van der Waals surface area contributed by atoms with Crippen LogP contribution in [0.5, 0.6) is 5.75 Å². The lowest BCUT2D eigenvalue weighted by Crippen LogP contribution is -2.36. The molecule has 0 saturated carbocycles. The molecule has 2 atom stereocenters. The van der Waals surface area contributed by atoms with Crippen molar-refractivity contribution in [1.29, 1.82) is 0 Å². The fraction of sp³-hybridized carbons (Fsp3) is 0.467. The summed E-state index contributed by atoms with van der Waals surface area (Å²) >= 11 is 0. The molecule has 0 N–H and O–H groups in total. The second-order valence-corrected chi connectivity index (χ2v) is 4.88. The van der Waals surface area contributed by atoms with Gasteiger partial charge in [-0.25, -0.2) is 0 Å². The molecule has 4 nitrogen and oxygen atoms in total. The monoisotopic (exact) mass is 263 g/mol. The summed E-state index contributed by atoms with van der Waals surface area (Å²) in [7, 11) is 4.93. The molecule has 2 unspecified atom stereocenters. The molecular formula is C15H21NO3. The summed E-state index contributed by atoms with van der Waals surface area (Å²) in [6, 6.07) is 7.46. The molecule has 0 heterocycles. The molecule has 1 aromatic rings. The molecule has 0 radical (unpaired) electrons. The van der Waals surface area contributed by atoms with Crippen molar-refractivity contribution in [2.24, 2.45) is 5.92 Å². The Balaban J connectivity index is 3.02. The van der Waals surface area contributed by atoms with Gasteiger partial charge in [-0.1, -0.05) is 19.1 Å². The number of nitrogens with zero attached hydrogens (tertiary/aromatic N) is 1. The Labute approximate surface area is 114 Å². The van der Waals surface area contributed by atoms with Crippen LogP contribution in [-0.4, -0.2) is 37.8 Å². The van der Waals surface area contributed by atoms with E-state index < -0.39 is 5.92 Å². The third-order valence-electron chi connectivity index (χ3n) is 3.29. The Bertz CT molecular complexity index is 451. The number of amides is 1. The molecule has 1 amide bonds. The number of carbonyl (C=O) groups excluding carboxylic acids is 2. The first-order valence-electron chi connectivity index (χ1n) is 6.24. The average Bonchev–Trinajstić information content (AvgIpc) is 2.38. The second-order valence-electron chi connectivity index (χ2n) is 4.88. The quantitative estimate of drug-likeness (QED) is 0.764. The molecule has 104 valence electrons. The zero-order valence-corrected chi connectivity index (χ0v) is 12.1. The SMILES string of the molecule is COc1ccc(C(C)C(C(C)=O)C(=O)N(C)C)cc1. The van der Waals surface area contributed by atoms with E-state index in [0.717, 1.165) is 11.3 Å². The van der Waals surface area contributed by atoms with Crippen molar-refractivity contribution in [2.75, 3.05) is 21.2 Å². The summed E-state index contributed by atoms with van der Waals surface area (Å²) in [5, 5.41) is 0. The van der Waals surface area contributed by atoms with Crippen LogP contribution in [0.2, 0.25) is 0 Å².